The van der Waals surface area contributed by atoms with Gasteiger partial charge in [0.2, 0.25) is 12.2 Å². The van der Waals surface area contributed by atoms with E-state index in [2.05, 4.69) is 17.1 Å². The predicted octanol–water partition coefficient (Wildman–Crippen LogP) is 6.67. The highest BCUT2D eigenvalue weighted by molar-refractivity contribution is 5.96. The van der Waals surface area contributed by atoms with E-state index >= 15 is 0 Å². The number of hydrogen-bond donors (Lipinski definition) is 1. The molecule has 6 rings (SSSR count). The highest BCUT2D eigenvalue weighted by Gasteiger charge is 2.29. The number of hydrogen-bond acceptors (Lipinski definition) is 3. The van der Waals surface area contributed by atoms with Crippen molar-refractivity contribution >= 4 is 34.4 Å². The molecular weight excluding hydrogens is 551 g/mol. The predicted molar refractivity (Wildman–Crippen MR) is 159 cm³/mol. The van der Waals surface area contributed by atoms with Crippen LogP contribution in [0.15, 0.2) is 91.1 Å². The average molecular weight is 579 g/mol. The topological polar surface area (TPSA) is 76.1 Å². The number of benzene rings is 4. The van der Waals surface area contributed by atoms with Crippen molar-refractivity contribution in [3.8, 4) is 11.1 Å². The number of rotatable bonds is 9. The Morgan fingerprint density at radius 3 is 2.49 bits per heavy atom. The van der Waals surface area contributed by atoms with Gasteiger partial charge in [0, 0.05) is 35.7 Å². The van der Waals surface area contributed by atoms with E-state index in [4.69, 9.17) is 5.73 Å². The minimum Gasteiger partial charge on any atom is -0.366 e. The zero-order valence-electron chi connectivity index (χ0n) is 23.1. The van der Waals surface area contributed by atoms with E-state index in [1.54, 1.807) is 18.3 Å². The molecule has 0 unspecified atom stereocenters. The Hall–Kier alpha value is -5.11. The monoisotopic (exact) mass is 578 g/mol. The molecule has 0 saturated carbocycles. The van der Waals surface area contributed by atoms with Gasteiger partial charge >= 0.3 is 0 Å². The second-order valence-electron chi connectivity index (χ2n) is 10.7. The van der Waals surface area contributed by atoms with E-state index in [0.29, 0.717) is 28.8 Å². The summed E-state index contributed by atoms with van der Waals surface area (Å²) in [5.41, 5.74) is 9.13. The van der Waals surface area contributed by atoms with Crippen LogP contribution in [0.2, 0.25) is 0 Å². The van der Waals surface area contributed by atoms with Crippen LogP contribution in [0.3, 0.4) is 0 Å². The largest absolute Gasteiger partial charge is 0.366 e. The Balaban J connectivity index is 1.36. The van der Waals surface area contributed by atoms with Crippen molar-refractivity contribution < 1.29 is 27.3 Å². The molecule has 1 aliphatic heterocycles. The summed E-state index contributed by atoms with van der Waals surface area (Å²) >= 11 is 0. The van der Waals surface area contributed by atoms with Crippen LogP contribution in [0.4, 0.5) is 18.9 Å². The first-order chi connectivity index (χ1) is 20.8. The molecule has 4 aromatic carbocycles. The van der Waals surface area contributed by atoms with E-state index < -0.39 is 29.3 Å². The van der Waals surface area contributed by atoms with Gasteiger partial charge in [-0.2, -0.15) is 4.58 Å². The van der Waals surface area contributed by atoms with Gasteiger partial charge in [0.05, 0.1) is 23.1 Å². The number of primary amides is 1. The zero-order valence-corrected chi connectivity index (χ0v) is 23.1. The molecule has 0 spiro atoms. The number of fused-ring (bicyclic) bond motifs is 3. The van der Waals surface area contributed by atoms with Gasteiger partial charge in [0.25, 0.3) is 5.91 Å². The van der Waals surface area contributed by atoms with Gasteiger partial charge in [-0.1, -0.05) is 42.5 Å². The van der Waals surface area contributed by atoms with Crippen LogP contribution >= 0.6 is 0 Å². The Labute approximate surface area is 246 Å². The molecule has 0 saturated heterocycles. The molecule has 5 aromatic rings. The highest BCUT2D eigenvalue weighted by atomic mass is 19.1. The van der Waals surface area contributed by atoms with Crippen LogP contribution in [0.1, 0.15) is 39.5 Å². The van der Waals surface area contributed by atoms with E-state index in [-0.39, 0.29) is 30.7 Å². The molecule has 1 aliphatic rings. The number of aromatic nitrogens is 1. The van der Waals surface area contributed by atoms with Crippen LogP contribution in [-0.4, -0.2) is 34.0 Å². The van der Waals surface area contributed by atoms with Crippen molar-refractivity contribution in [2.45, 2.75) is 25.2 Å². The van der Waals surface area contributed by atoms with Gasteiger partial charge in [-0.05, 0) is 59.3 Å². The number of Topliss-reactive ketones (excluding diaryl/α,β-unsaturated/α-hetero) is 1. The molecule has 1 aromatic heterocycles. The standard InChI is InChI=1S/C35H26F3N3O2/c36-26-15-21(16-27(37)19-26)14-25(33-29(6-3-12-40-33)24-9-10-32(38)31(18-24)35(39)43)17-28(42)20-41-13-11-23-8-7-22-4-1-2-5-30(22)34(23)41/h1-10,12-13,15-16,18-19,25H,11,14,17,20H2,(H-,39,43)/p+1/t25-/m1/s1. The van der Waals surface area contributed by atoms with Gasteiger partial charge < -0.3 is 5.73 Å². The second-order valence-corrected chi connectivity index (χ2v) is 10.7. The summed E-state index contributed by atoms with van der Waals surface area (Å²) in [6, 6.07) is 22.9. The summed E-state index contributed by atoms with van der Waals surface area (Å²) in [7, 11) is 0. The third kappa shape index (κ3) is 5.81. The molecule has 0 fully saturated rings. The summed E-state index contributed by atoms with van der Waals surface area (Å²) in [5, 5.41) is 2.13. The number of pyridine rings is 1. The molecule has 1 atom stereocenters. The first-order valence-electron chi connectivity index (χ1n) is 13.9. The fourth-order valence-electron chi connectivity index (χ4n) is 5.92. The molecule has 8 heteroatoms. The average Bonchev–Trinajstić information content (AvgIpc) is 3.39. The van der Waals surface area contributed by atoms with E-state index in [0.717, 1.165) is 34.2 Å². The lowest BCUT2D eigenvalue weighted by molar-refractivity contribution is -0.418. The number of halogens is 3. The van der Waals surface area contributed by atoms with Crippen LogP contribution < -0.4 is 5.73 Å². The Morgan fingerprint density at radius 1 is 0.907 bits per heavy atom. The smallest absolute Gasteiger partial charge is 0.251 e. The molecular formula is C35H27F3N3O2+. The minimum absolute atomic E-state index is 0.0243. The summed E-state index contributed by atoms with van der Waals surface area (Å²) in [6.07, 6.45) is 4.42. The van der Waals surface area contributed by atoms with Crippen LogP contribution in [0.5, 0.6) is 0 Å². The second kappa shape index (κ2) is 11.6. The molecule has 0 radical (unpaired) electrons. The maximum atomic E-state index is 14.3. The van der Waals surface area contributed by atoms with E-state index in [1.807, 2.05) is 35.1 Å². The summed E-state index contributed by atoms with van der Waals surface area (Å²) < 4.78 is 44.6. The molecule has 5 nitrogen and oxygen atoms in total. The van der Waals surface area contributed by atoms with E-state index in [1.165, 1.54) is 24.3 Å². The SMILES string of the molecule is NC(=O)c1cc(-c2cccnc2[C@@H](CC(=O)C[N+]2=CCc3ccc4ccccc4c32)Cc2cc(F)cc(F)c2)ccc1F. The highest BCUT2D eigenvalue weighted by Crippen LogP contribution is 2.35. The number of nitrogens with zero attached hydrogens (tertiary/aromatic N) is 2. The Bertz CT molecular complexity index is 1920. The van der Waals surface area contributed by atoms with Crippen molar-refractivity contribution in [3.63, 3.8) is 0 Å². The number of carbonyl (C=O) groups is 2. The summed E-state index contributed by atoms with van der Waals surface area (Å²) in [4.78, 5) is 30.2. The lowest BCUT2D eigenvalue weighted by Gasteiger charge is -2.20. The lowest BCUT2D eigenvalue weighted by Crippen LogP contribution is -2.20. The molecule has 2 heterocycles. The van der Waals surface area contributed by atoms with Gasteiger partial charge in [0.1, 0.15) is 17.5 Å². The normalized spacial score (nSPS) is 13.0. The fourth-order valence-corrected chi connectivity index (χ4v) is 5.92. The zero-order chi connectivity index (χ0) is 30.1. The third-order valence-electron chi connectivity index (χ3n) is 7.80. The summed E-state index contributed by atoms with van der Waals surface area (Å²) in [5.74, 6) is -3.78. The van der Waals surface area contributed by atoms with Gasteiger partial charge in [-0.25, -0.2) is 13.2 Å². The maximum Gasteiger partial charge on any atom is 0.251 e. The maximum absolute atomic E-state index is 14.3. The number of amides is 1. The van der Waals surface area contributed by atoms with Gasteiger partial charge in [-0.15, -0.1) is 0 Å². The lowest BCUT2D eigenvalue weighted by atomic mass is 9.86. The van der Waals surface area contributed by atoms with Crippen molar-refractivity contribution in [1.82, 2.24) is 4.98 Å². The van der Waals surface area contributed by atoms with Crippen LogP contribution in [0.25, 0.3) is 21.9 Å². The van der Waals surface area contributed by atoms with Crippen LogP contribution in [0, 0.1) is 17.5 Å². The van der Waals surface area contributed by atoms with Gasteiger partial charge in [0.15, 0.2) is 12.0 Å². The first kappa shape index (κ1) is 28.0. The Morgan fingerprint density at radius 2 is 1.70 bits per heavy atom. The number of ketones is 1. The number of carbonyl (C=O) groups excluding carboxylic acids is 2. The van der Waals surface area contributed by atoms with Crippen molar-refractivity contribution in [2.24, 2.45) is 5.73 Å². The first-order valence-corrected chi connectivity index (χ1v) is 13.9. The van der Waals surface area contributed by atoms with Crippen molar-refractivity contribution in [1.29, 1.82) is 0 Å². The van der Waals surface area contributed by atoms with Crippen LogP contribution in [-0.2, 0) is 17.6 Å². The molecule has 214 valence electrons. The van der Waals surface area contributed by atoms with Crippen molar-refractivity contribution in [2.75, 3.05) is 6.54 Å². The third-order valence-corrected chi connectivity index (χ3v) is 7.80. The van der Waals surface area contributed by atoms with Gasteiger partial charge in [-0.3, -0.25) is 14.6 Å². The minimum atomic E-state index is -0.915. The molecule has 0 aliphatic carbocycles. The number of nitrogens with two attached hydrogens (primary N) is 1. The fraction of sp³-hybridized carbons (Fsp3) is 0.143. The molecule has 2 N–H and O–H groups in total. The summed E-state index contributed by atoms with van der Waals surface area (Å²) in [6.45, 7) is 0.111. The molecule has 1 amide bonds. The Kier molecular flexibility index (Phi) is 7.59. The quantitative estimate of drug-likeness (QED) is 0.199. The van der Waals surface area contributed by atoms with E-state index in [9.17, 15) is 22.8 Å². The van der Waals surface area contributed by atoms with Crippen molar-refractivity contribution in [3.05, 3.63) is 131 Å². The molecule has 43 heavy (non-hydrogen) atoms. The molecule has 0 bridgehead atoms.